The standard InChI is InChI=1S/C21H29NO2/c1-5-6-11-22-18-9-7-14(20(23)24)12-16(18)17-13-15(21(2,3)4)8-10-19(17)22/h7,9,12,15H,5-6,8,10-11,13H2,1-4H3,(H,23,24). The second-order valence-electron chi connectivity index (χ2n) is 8.27. The molecule has 0 bridgehead atoms. The predicted molar refractivity (Wildman–Crippen MR) is 98.8 cm³/mol. The van der Waals surface area contributed by atoms with E-state index in [0.29, 0.717) is 16.9 Å². The van der Waals surface area contributed by atoms with Crippen molar-refractivity contribution in [2.45, 2.75) is 66.3 Å². The zero-order valence-electron chi connectivity index (χ0n) is 15.4. The quantitative estimate of drug-likeness (QED) is 0.829. The number of aryl methyl sites for hydroxylation is 1. The molecule has 130 valence electrons. The van der Waals surface area contributed by atoms with Crippen molar-refractivity contribution in [2.75, 3.05) is 0 Å². The maximum atomic E-state index is 11.4. The first-order valence-corrected chi connectivity index (χ1v) is 9.20. The first-order valence-electron chi connectivity index (χ1n) is 9.20. The number of carboxylic acids is 1. The van der Waals surface area contributed by atoms with Gasteiger partial charge < -0.3 is 9.67 Å². The number of hydrogen-bond donors (Lipinski definition) is 1. The second-order valence-corrected chi connectivity index (χ2v) is 8.27. The van der Waals surface area contributed by atoms with Crippen molar-refractivity contribution in [1.82, 2.24) is 4.57 Å². The largest absolute Gasteiger partial charge is 0.478 e. The molecule has 3 heteroatoms. The SMILES string of the molecule is CCCCn1c2c(c3cc(C(=O)O)ccc31)CC(C(C)(C)C)CC2. The van der Waals surface area contributed by atoms with Gasteiger partial charge in [-0.2, -0.15) is 0 Å². The number of nitrogens with zero attached hydrogens (tertiary/aromatic N) is 1. The maximum absolute atomic E-state index is 11.4. The summed E-state index contributed by atoms with van der Waals surface area (Å²) in [4.78, 5) is 11.4. The monoisotopic (exact) mass is 327 g/mol. The number of unbranched alkanes of at least 4 members (excludes halogenated alkanes) is 1. The summed E-state index contributed by atoms with van der Waals surface area (Å²) in [5.74, 6) is -0.182. The van der Waals surface area contributed by atoms with Gasteiger partial charge in [-0.05, 0) is 60.8 Å². The molecule has 1 aliphatic rings. The molecule has 3 rings (SSSR count). The first-order chi connectivity index (χ1) is 11.3. The van der Waals surface area contributed by atoms with Gasteiger partial charge in [0.1, 0.15) is 0 Å². The summed E-state index contributed by atoms with van der Waals surface area (Å²) in [6.07, 6.45) is 5.74. The summed E-state index contributed by atoms with van der Waals surface area (Å²) < 4.78 is 2.46. The first kappa shape index (κ1) is 17.1. The van der Waals surface area contributed by atoms with Crippen molar-refractivity contribution in [3.8, 4) is 0 Å². The number of aromatic nitrogens is 1. The van der Waals surface area contributed by atoms with Crippen molar-refractivity contribution in [2.24, 2.45) is 11.3 Å². The van der Waals surface area contributed by atoms with Crippen LogP contribution in [0.2, 0.25) is 0 Å². The number of benzene rings is 1. The van der Waals surface area contributed by atoms with Crippen molar-refractivity contribution in [1.29, 1.82) is 0 Å². The van der Waals surface area contributed by atoms with Crippen LogP contribution in [0.1, 0.15) is 68.6 Å². The van der Waals surface area contributed by atoms with E-state index in [1.54, 1.807) is 6.07 Å². The zero-order valence-corrected chi connectivity index (χ0v) is 15.4. The normalized spacial score (nSPS) is 17.9. The Morgan fingerprint density at radius 3 is 2.71 bits per heavy atom. The number of aromatic carboxylic acids is 1. The second kappa shape index (κ2) is 6.27. The van der Waals surface area contributed by atoms with Crippen LogP contribution >= 0.6 is 0 Å². The van der Waals surface area contributed by atoms with Gasteiger partial charge in [-0.25, -0.2) is 4.79 Å². The molecule has 0 saturated heterocycles. The van der Waals surface area contributed by atoms with Gasteiger partial charge in [0, 0.05) is 23.1 Å². The van der Waals surface area contributed by atoms with E-state index >= 15 is 0 Å². The highest BCUT2D eigenvalue weighted by molar-refractivity contribution is 5.95. The summed E-state index contributed by atoms with van der Waals surface area (Å²) in [6.45, 7) is 10.2. The predicted octanol–water partition coefficient (Wildman–Crippen LogP) is 5.29. The lowest BCUT2D eigenvalue weighted by Gasteiger charge is -2.34. The van der Waals surface area contributed by atoms with Crippen LogP contribution in [0.4, 0.5) is 0 Å². The van der Waals surface area contributed by atoms with E-state index in [1.807, 2.05) is 12.1 Å². The minimum atomic E-state index is -0.838. The van der Waals surface area contributed by atoms with E-state index < -0.39 is 5.97 Å². The van der Waals surface area contributed by atoms with Crippen LogP contribution < -0.4 is 0 Å². The zero-order chi connectivity index (χ0) is 17.5. The van der Waals surface area contributed by atoms with Crippen LogP contribution in [0.25, 0.3) is 10.9 Å². The Morgan fingerprint density at radius 1 is 1.33 bits per heavy atom. The molecule has 1 unspecified atom stereocenters. The van der Waals surface area contributed by atoms with E-state index in [2.05, 4.69) is 32.3 Å². The van der Waals surface area contributed by atoms with E-state index in [0.717, 1.165) is 24.8 Å². The fourth-order valence-corrected chi connectivity index (χ4v) is 4.09. The lowest BCUT2D eigenvalue weighted by molar-refractivity contribution is 0.0697. The molecule has 1 N–H and O–H groups in total. The minimum Gasteiger partial charge on any atom is -0.478 e. The molecule has 1 aliphatic carbocycles. The van der Waals surface area contributed by atoms with Gasteiger partial charge >= 0.3 is 5.97 Å². The van der Waals surface area contributed by atoms with Crippen molar-refractivity contribution in [3.05, 3.63) is 35.0 Å². The molecule has 0 spiro atoms. The average Bonchev–Trinajstić information content (AvgIpc) is 2.84. The molecule has 0 fully saturated rings. The third-order valence-electron chi connectivity index (χ3n) is 5.67. The topological polar surface area (TPSA) is 42.2 Å². The molecule has 1 aromatic heterocycles. The summed E-state index contributed by atoms with van der Waals surface area (Å²) in [5, 5.41) is 10.5. The van der Waals surface area contributed by atoms with Gasteiger partial charge in [0.15, 0.2) is 0 Å². The van der Waals surface area contributed by atoms with Crippen LogP contribution in [0.15, 0.2) is 18.2 Å². The van der Waals surface area contributed by atoms with E-state index in [-0.39, 0.29) is 0 Å². The summed E-state index contributed by atoms with van der Waals surface area (Å²) in [5.41, 5.74) is 4.75. The van der Waals surface area contributed by atoms with Crippen LogP contribution in [0, 0.1) is 11.3 Å². The Morgan fingerprint density at radius 2 is 2.08 bits per heavy atom. The molecule has 1 aromatic carbocycles. The third-order valence-corrected chi connectivity index (χ3v) is 5.67. The molecular weight excluding hydrogens is 298 g/mol. The van der Waals surface area contributed by atoms with E-state index in [1.165, 1.54) is 36.0 Å². The van der Waals surface area contributed by atoms with Gasteiger partial charge in [0.2, 0.25) is 0 Å². The van der Waals surface area contributed by atoms with Crippen LogP contribution in [0.5, 0.6) is 0 Å². The van der Waals surface area contributed by atoms with Crippen molar-refractivity contribution in [3.63, 3.8) is 0 Å². The molecule has 1 atom stereocenters. The Bertz CT molecular complexity index is 764. The highest BCUT2D eigenvalue weighted by Crippen LogP contribution is 2.41. The molecule has 0 saturated carbocycles. The highest BCUT2D eigenvalue weighted by Gasteiger charge is 2.32. The fourth-order valence-electron chi connectivity index (χ4n) is 4.09. The Balaban J connectivity index is 2.14. The van der Waals surface area contributed by atoms with E-state index in [9.17, 15) is 9.90 Å². The number of carbonyl (C=O) groups is 1. The molecule has 0 aliphatic heterocycles. The number of rotatable bonds is 4. The minimum absolute atomic E-state index is 0.292. The number of hydrogen-bond acceptors (Lipinski definition) is 1. The fraction of sp³-hybridized carbons (Fsp3) is 0.571. The molecule has 3 nitrogen and oxygen atoms in total. The highest BCUT2D eigenvalue weighted by atomic mass is 16.4. The smallest absolute Gasteiger partial charge is 0.335 e. The number of fused-ring (bicyclic) bond motifs is 3. The summed E-state index contributed by atoms with van der Waals surface area (Å²) in [6, 6.07) is 5.66. The Kier molecular flexibility index (Phi) is 4.46. The molecular formula is C21H29NO2. The summed E-state index contributed by atoms with van der Waals surface area (Å²) >= 11 is 0. The van der Waals surface area contributed by atoms with Gasteiger partial charge in [0.05, 0.1) is 5.56 Å². The molecule has 0 amide bonds. The molecule has 0 radical (unpaired) electrons. The summed E-state index contributed by atoms with van der Waals surface area (Å²) in [7, 11) is 0. The van der Waals surface area contributed by atoms with Gasteiger partial charge in [0.25, 0.3) is 0 Å². The molecule has 2 aromatic rings. The Labute approximate surface area is 144 Å². The van der Waals surface area contributed by atoms with Crippen LogP contribution in [-0.2, 0) is 19.4 Å². The van der Waals surface area contributed by atoms with Gasteiger partial charge in [-0.3, -0.25) is 0 Å². The number of carboxylic acid groups (broad SMARTS) is 1. The van der Waals surface area contributed by atoms with Crippen LogP contribution in [0.3, 0.4) is 0 Å². The molecule has 1 heterocycles. The lowest BCUT2D eigenvalue weighted by Crippen LogP contribution is -2.27. The maximum Gasteiger partial charge on any atom is 0.335 e. The lowest BCUT2D eigenvalue weighted by atomic mass is 9.71. The van der Waals surface area contributed by atoms with Crippen LogP contribution in [-0.4, -0.2) is 15.6 Å². The van der Waals surface area contributed by atoms with Gasteiger partial charge in [-0.15, -0.1) is 0 Å². The van der Waals surface area contributed by atoms with Crippen molar-refractivity contribution >= 4 is 16.9 Å². The molecule has 24 heavy (non-hydrogen) atoms. The Hall–Kier alpha value is -1.77. The van der Waals surface area contributed by atoms with Crippen molar-refractivity contribution < 1.29 is 9.90 Å². The van der Waals surface area contributed by atoms with Gasteiger partial charge in [-0.1, -0.05) is 34.1 Å². The third kappa shape index (κ3) is 2.97. The average molecular weight is 327 g/mol. The van der Waals surface area contributed by atoms with E-state index in [4.69, 9.17) is 0 Å².